The van der Waals surface area contributed by atoms with Crippen molar-refractivity contribution in [2.24, 2.45) is 5.10 Å². The standard InChI is InChI=1S/C17H19FN2O/c1-11-7-12(2)9-15(8-11)20-19-13(3)14-5-6-17(21-4)16(18)10-14/h5-10,20H,1-4H3/b19-13-. The lowest BCUT2D eigenvalue weighted by molar-refractivity contribution is 0.386. The van der Waals surface area contributed by atoms with Crippen LogP contribution in [0.1, 0.15) is 23.6 Å². The highest BCUT2D eigenvalue weighted by molar-refractivity contribution is 5.99. The van der Waals surface area contributed by atoms with Gasteiger partial charge in [0.2, 0.25) is 0 Å². The average Bonchev–Trinajstić information content (AvgIpc) is 2.43. The van der Waals surface area contributed by atoms with Crippen molar-refractivity contribution in [3.05, 3.63) is 58.9 Å². The van der Waals surface area contributed by atoms with Crippen LogP contribution in [0.3, 0.4) is 0 Å². The minimum atomic E-state index is -0.393. The van der Waals surface area contributed by atoms with Gasteiger partial charge in [0.05, 0.1) is 18.5 Å². The summed E-state index contributed by atoms with van der Waals surface area (Å²) in [5.74, 6) is -0.162. The summed E-state index contributed by atoms with van der Waals surface area (Å²) in [6, 6.07) is 10.9. The lowest BCUT2D eigenvalue weighted by atomic mass is 10.1. The summed E-state index contributed by atoms with van der Waals surface area (Å²) in [6.45, 7) is 5.90. The van der Waals surface area contributed by atoms with E-state index in [9.17, 15) is 4.39 Å². The molecule has 2 aromatic rings. The Morgan fingerprint density at radius 2 is 1.76 bits per heavy atom. The van der Waals surface area contributed by atoms with E-state index in [0.29, 0.717) is 11.3 Å². The number of aryl methyl sites for hydroxylation is 2. The number of halogens is 1. The monoisotopic (exact) mass is 286 g/mol. The Kier molecular flexibility index (Phi) is 4.58. The molecule has 0 amide bonds. The van der Waals surface area contributed by atoms with Crippen molar-refractivity contribution >= 4 is 11.4 Å². The molecule has 0 saturated heterocycles. The molecule has 3 nitrogen and oxygen atoms in total. The fraction of sp³-hybridized carbons (Fsp3) is 0.235. The van der Waals surface area contributed by atoms with Crippen LogP contribution in [0.15, 0.2) is 41.5 Å². The van der Waals surface area contributed by atoms with Crippen molar-refractivity contribution < 1.29 is 9.13 Å². The molecule has 0 spiro atoms. The number of hydrazone groups is 1. The molecule has 0 fully saturated rings. The Hall–Kier alpha value is -2.36. The van der Waals surface area contributed by atoms with Gasteiger partial charge in [0.15, 0.2) is 11.6 Å². The minimum Gasteiger partial charge on any atom is -0.494 e. The molecular formula is C17H19FN2O. The Labute approximate surface area is 124 Å². The molecule has 0 bridgehead atoms. The molecule has 0 aromatic heterocycles. The zero-order valence-corrected chi connectivity index (χ0v) is 12.7. The van der Waals surface area contributed by atoms with Crippen LogP contribution >= 0.6 is 0 Å². The summed E-state index contributed by atoms with van der Waals surface area (Å²) in [7, 11) is 1.45. The van der Waals surface area contributed by atoms with Crippen LogP contribution in [0, 0.1) is 19.7 Å². The fourth-order valence-electron chi connectivity index (χ4n) is 2.14. The van der Waals surface area contributed by atoms with Gasteiger partial charge in [-0.2, -0.15) is 5.10 Å². The van der Waals surface area contributed by atoms with Gasteiger partial charge in [-0.05, 0) is 62.2 Å². The first-order chi connectivity index (χ1) is 9.99. The SMILES string of the molecule is COc1ccc(/C(C)=N\Nc2cc(C)cc(C)c2)cc1F. The number of rotatable bonds is 4. The summed E-state index contributed by atoms with van der Waals surface area (Å²) in [5.41, 5.74) is 7.68. The molecule has 0 radical (unpaired) electrons. The zero-order valence-electron chi connectivity index (χ0n) is 12.7. The van der Waals surface area contributed by atoms with E-state index in [1.807, 2.05) is 32.9 Å². The molecule has 110 valence electrons. The van der Waals surface area contributed by atoms with Crippen LogP contribution in [0.25, 0.3) is 0 Å². The van der Waals surface area contributed by atoms with Crippen molar-refractivity contribution in [2.45, 2.75) is 20.8 Å². The van der Waals surface area contributed by atoms with Crippen LogP contribution in [0.4, 0.5) is 10.1 Å². The second-order valence-electron chi connectivity index (χ2n) is 5.03. The van der Waals surface area contributed by atoms with Crippen molar-refractivity contribution in [1.29, 1.82) is 0 Å². The number of nitrogens with zero attached hydrogens (tertiary/aromatic N) is 1. The molecular weight excluding hydrogens is 267 g/mol. The fourth-order valence-corrected chi connectivity index (χ4v) is 2.14. The number of anilines is 1. The van der Waals surface area contributed by atoms with Gasteiger partial charge >= 0.3 is 0 Å². The van der Waals surface area contributed by atoms with Gasteiger partial charge in [0.1, 0.15) is 0 Å². The van der Waals surface area contributed by atoms with E-state index in [2.05, 4.69) is 16.6 Å². The smallest absolute Gasteiger partial charge is 0.165 e. The molecule has 0 heterocycles. The zero-order chi connectivity index (χ0) is 15.4. The Balaban J connectivity index is 2.19. The number of hydrogen-bond donors (Lipinski definition) is 1. The van der Waals surface area contributed by atoms with Crippen molar-refractivity contribution in [2.75, 3.05) is 12.5 Å². The van der Waals surface area contributed by atoms with Gasteiger partial charge < -0.3 is 4.74 Å². The van der Waals surface area contributed by atoms with Crippen LogP contribution in [0.2, 0.25) is 0 Å². The number of nitrogens with one attached hydrogen (secondary N) is 1. The second-order valence-corrected chi connectivity index (χ2v) is 5.03. The van der Waals surface area contributed by atoms with Crippen LogP contribution in [-0.2, 0) is 0 Å². The molecule has 0 aliphatic heterocycles. The van der Waals surface area contributed by atoms with E-state index in [1.165, 1.54) is 24.3 Å². The molecule has 21 heavy (non-hydrogen) atoms. The molecule has 1 N–H and O–H groups in total. The van der Waals surface area contributed by atoms with Crippen molar-refractivity contribution in [1.82, 2.24) is 0 Å². The second kappa shape index (κ2) is 6.39. The van der Waals surface area contributed by atoms with Gasteiger partial charge in [-0.3, -0.25) is 5.43 Å². The van der Waals surface area contributed by atoms with E-state index < -0.39 is 5.82 Å². The molecule has 0 aliphatic rings. The molecule has 2 rings (SSSR count). The molecule has 0 saturated carbocycles. The summed E-state index contributed by atoms with van der Waals surface area (Å²) in [4.78, 5) is 0. The van der Waals surface area contributed by atoms with Gasteiger partial charge in [0.25, 0.3) is 0 Å². The predicted octanol–water partition coefficient (Wildman–Crippen LogP) is 4.29. The maximum atomic E-state index is 13.7. The summed E-state index contributed by atoms with van der Waals surface area (Å²) >= 11 is 0. The number of hydrogen-bond acceptors (Lipinski definition) is 3. The topological polar surface area (TPSA) is 33.6 Å². The maximum absolute atomic E-state index is 13.7. The van der Waals surface area contributed by atoms with E-state index in [-0.39, 0.29) is 5.75 Å². The van der Waals surface area contributed by atoms with Gasteiger partial charge in [-0.1, -0.05) is 6.07 Å². The van der Waals surface area contributed by atoms with E-state index in [4.69, 9.17) is 4.74 Å². The molecule has 4 heteroatoms. The van der Waals surface area contributed by atoms with Gasteiger partial charge in [-0.15, -0.1) is 0 Å². The quantitative estimate of drug-likeness (QED) is 0.672. The number of ether oxygens (including phenoxy) is 1. The third kappa shape index (κ3) is 3.81. The molecule has 0 unspecified atom stereocenters. The highest BCUT2D eigenvalue weighted by atomic mass is 19.1. The first kappa shape index (κ1) is 15.0. The summed E-state index contributed by atoms with van der Waals surface area (Å²) < 4.78 is 18.6. The normalized spacial score (nSPS) is 11.4. The molecule has 2 aromatic carbocycles. The highest BCUT2D eigenvalue weighted by Crippen LogP contribution is 2.18. The van der Waals surface area contributed by atoms with E-state index in [0.717, 1.165) is 5.69 Å². The number of methoxy groups -OCH3 is 1. The van der Waals surface area contributed by atoms with Gasteiger partial charge in [-0.25, -0.2) is 4.39 Å². The third-order valence-electron chi connectivity index (χ3n) is 3.14. The summed E-state index contributed by atoms with van der Waals surface area (Å²) in [6.07, 6.45) is 0. The Morgan fingerprint density at radius 3 is 2.33 bits per heavy atom. The highest BCUT2D eigenvalue weighted by Gasteiger charge is 2.05. The Bertz CT molecular complexity index is 660. The predicted molar refractivity (Wildman–Crippen MR) is 84.7 cm³/mol. The molecule has 0 aliphatic carbocycles. The van der Waals surface area contributed by atoms with E-state index >= 15 is 0 Å². The lowest BCUT2D eigenvalue weighted by Crippen LogP contribution is -2.01. The first-order valence-electron chi connectivity index (χ1n) is 6.72. The van der Waals surface area contributed by atoms with Crippen molar-refractivity contribution in [3.8, 4) is 5.75 Å². The van der Waals surface area contributed by atoms with Crippen molar-refractivity contribution in [3.63, 3.8) is 0 Å². The van der Waals surface area contributed by atoms with Crippen LogP contribution in [-0.4, -0.2) is 12.8 Å². The largest absolute Gasteiger partial charge is 0.494 e. The van der Waals surface area contributed by atoms with Crippen LogP contribution < -0.4 is 10.2 Å². The van der Waals surface area contributed by atoms with E-state index in [1.54, 1.807) is 12.1 Å². The Morgan fingerprint density at radius 1 is 1.10 bits per heavy atom. The average molecular weight is 286 g/mol. The first-order valence-corrected chi connectivity index (χ1v) is 6.72. The minimum absolute atomic E-state index is 0.230. The van der Waals surface area contributed by atoms with Gasteiger partial charge in [0, 0.05) is 5.56 Å². The van der Waals surface area contributed by atoms with Crippen LogP contribution in [0.5, 0.6) is 5.75 Å². The number of benzene rings is 2. The molecule has 0 atom stereocenters. The lowest BCUT2D eigenvalue weighted by Gasteiger charge is -2.07. The summed E-state index contributed by atoms with van der Waals surface area (Å²) in [5, 5.41) is 4.30. The maximum Gasteiger partial charge on any atom is 0.165 e. The third-order valence-corrected chi connectivity index (χ3v) is 3.14.